The number of hydrogen-bond acceptors (Lipinski definition) is 5. The van der Waals surface area contributed by atoms with Gasteiger partial charge in [0.15, 0.2) is 23.1 Å². The SMILES string of the molecule is O=C(CCc1ncc(-c2ccc(Cl)cc2)o1)N(Cc1ccc2c(c1)OCO2)C1CCCC1. The van der Waals surface area contributed by atoms with Gasteiger partial charge in [-0.2, -0.15) is 0 Å². The van der Waals surface area contributed by atoms with Gasteiger partial charge in [0.1, 0.15) is 0 Å². The summed E-state index contributed by atoms with van der Waals surface area (Å²) in [6, 6.07) is 13.6. The third-order valence-electron chi connectivity index (χ3n) is 6.11. The van der Waals surface area contributed by atoms with E-state index in [-0.39, 0.29) is 18.7 Å². The number of carbonyl (C=O) groups is 1. The molecule has 2 aromatic carbocycles. The predicted octanol–water partition coefficient (Wildman–Crippen LogP) is 5.63. The number of rotatable bonds is 7. The Morgan fingerprint density at radius 2 is 1.84 bits per heavy atom. The van der Waals surface area contributed by atoms with Crippen LogP contribution in [-0.2, 0) is 17.8 Å². The van der Waals surface area contributed by atoms with E-state index in [4.69, 9.17) is 25.5 Å². The zero-order chi connectivity index (χ0) is 21.9. The quantitative estimate of drug-likeness (QED) is 0.465. The highest BCUT2D eigenvalue weighted by atomic mass is 35.5. The molecule has 2 aliphatic rings. The number of hydrogen-bond donors (Lipinski definition) is 0. The lowest BCUT2D eigenvalue weighted by atomic mass is 10.1. The maximum absolute atomic E-state index is 13.2. The molecule has 1 saturated carbocycles. The normalized spacial score (nSPS) is 15.3. The number of fused-ring (bicyclic) bond motifs is 1. The van der Waals surface area contributed by atoms with Crippen LogP contribution in [0.2, 0.25) is 5.02 Å². The second kappa shape index (κ2) is 9.25. The number of amides is 1. The summed E-state index contributed by atoms with van der Waals surface area (Å²) < 4.78 is 16.8. The van der Waals surface area contributed by atoms with Crippen LogP contribution >= 0.6 is 11.6 Å². The highest BCUT2D eigenvalue weighted by molar-refractivity contribution is 6.30. The Morgan fingerprint density at radius 3 is 2.66 bits per heavy atom. The molecule has 5 rings (SSSR count). The van der Waals surface area contributed by atoms with Gasteiger partial charge in [0, 0.05) is 36.0 Å². The number of oxazole rings is 1. The summed E-state index contributed by atoms with van der Waals surface area (Å²) in [6.07, 6.45) is 6.97. The molecule has 3 aromatic rings. The highest BCUT2D eigenvalue weighted by Crippen LogP contribution is 2.34. The molecule has 1 aliphatic carbocycles. The number of aromatic nitrogens is 1. The van der Waals surface area contributed by atoms with E-state index in [1.165, 1.54) is 12.8 Å². The summed E-state index contributed by atoms with van der Waals surface area (Å²) in [5.74, 6) is 2.87. The summed E-state index contributed by atoms with van der Waals surface area (Å²) in [5.41, 5.74) is 1.96. The van der Waals surface area contributed by atoms with Gasteiger partial charge in [-0.1, -0.05) is 30.5 Å². The number of aryl methyl sites for hydroxylation is 1. The molecule has 1 amide bonds. The van der Waals surface area contributed by atoms with E-state index in [9.17, 15) is 4.79 Å². The molecule has 0 saturated heterocycles. The minimum absolute atomic E-state index is 0.126. The summed E-state index contributed by atoms with van der Waals surface area (Å²) in [5, 5.41) is 0.675. The molecule has 166 valence electrons. The minimum atomic E-state index is 0.126. The van der Waals surface area contributed by atoms with Crippen molar-refractivity contribution in [3.05, 3.63) is 65.1 Å². The van der Waals surface area contributed by atoms with Crippen molar-refractivity contribution in [3.8, 4) is 22.8 Å². The van der Waals surface area contributed by atoms with Gasteiger partial charge in [-0.3, -0.25) is 4.79 Å². The van der Waals surface area contributed by atoms with Gasteiger partial charge >= 0.3 is 0 Å². The molecule has 1 fully saturated rings. The average molecular weight is 453 g/mol. The first-order valence-electron chi connectivity index (χ1n) is 11.0. The Kier molecular flexibility index (Phi) is 6.04. The largest absolute Gasteiger partial charge is 0.454 e. The van der Waals surface area contributed by atoms with Crippen LogP contribution in [0.15, 0.2) is 53.1 Å². The fourth-order valence-electron chi connectivity index (χ4n) is 4.40. The number of carbonyl (C=O) groups excluding carboxylic acids is 1. The molecular formula is C25H25ClN2O4. The minimum Gasteiger partial charge on any atom is -0.454 e. The summed E-state index contributed by atoms with van der Waals surface area (Å²) in [4.78, 5) is 19.6. The third-order valence-corrected chi connectivity index (χ3v) is 6.36. The Labute approximate surface area is 192 Å². The Balaban J connectivity index is 1.25. The van der Waals surface area contributed by atoms with Crippen molar-refractivity contribution in [2.75, 3.05) is 6.79 Å². The van der Waals surface area contributed by atoms with Crippen LogP contribution in [0.1, 0.15) is 43.6 Å². The molecule has 0 N–H and O–H groups in total. The van der Waals surface area contributed by atoms with Crippen LogP contribution in [-0.4, -0.2) is 28.6 Å². The van der Waals surface area contributed by atoms with Crippen LogP contribution in [0.25, 0.3) is 11.3 Å². The third kappa shape index (κ3) is 4.60. The van der Waals surface area contributed by atoms with Crippen LogP contribution in [0, 0.1) is 0 Å². The van der Waals surface area contributed by atoms with E-state index in [1.807, 2.05) is 47.4 Å². The lowest BCUT2D eigenvalue weighted by molar-refractivity contribution is -0.134. The van der Waals surface area contributed by atoms with E-state index in [1.54, 1.807) is 6.20 Å². The molecule has 6 nitrogen and oxygen atoms in total. The van der Waals surface area contributed by atoms with Gasteiger partial charge in [-0.15, -0.1) is 0 Å². The van der Waals surface area contributed by atoms with Crippen molar-refractivity contribution < 1.29 is 18.7 Å². The van der Waals surface area contributed by atoms with Gasteiger partial charge < -0.3 is 18.8 Å². The first-order chi connectivity index (χ1) is 15.7. The molecule has 0 atom stereocenters. The van der Waals surface area contributed by atoms with Crippen LogP contribution in [0.4, 0.5) is 0 Å². The number of benzene rings is 2. The van der Waals surface area contributed by atoms with Gasteiger partial charge in [-0.25, -0.2) is 4.98 Å². The molecule has 0 unspecified atom stereocenters. The number of ether oxygens (including phenoxy) is 2. The zero-order valence-electron chi connectivity index (χ0n) is 17.8. The zero-order valence-corrected chi connectivity index (χ0v) is 18.5. The topological polar surface area (TPSA) is 64.8 Å². The van der Waals surface area contributed by atoms with Crippen molar-refractivity contribution >= 4 is 17.5 Å². The molecule has 7 heteroatoms. The highest BCUT2D eigenvalue weighted by Gasteiger charge is 2.27. The average Bonchev–Trinajstić information content (AvgIpc) is 3.58. The molecule has 32 heavy (non-hydrogen) atoms. The van der Waals surface area contributed by atoms with Crippen molar-refractivity contribution in [1.82, 2.24) is 9.88 Å². The van der Waals surface area contributed by atoms with Crippen LogP contribution < -0.4 is 9.47 Å². The van der Waals surface area contributed by atoms with Gasteiger partial charge in [0.2, 0.25) is 12.7 Å². The smallest absolute Gasteiger partial charge is 0.231 e. The lowest BCUT2D eigenvalue weighted by Gasteiger charge is -2.29. The summed E-state index contributed by atoms with van der Waals surface area (Å²) >= 11 is 5.96. The van der Waals surface area contributed by atoms with Gasteiger partial charge in [0.05, 0.1) is 6.20 Å². The van der Waals surface area contributed by atoms with Gasteiger partial charge in [0.25, 0.3) is 0 Å². The first kappa shape index (κ1) is 20.9. The molecule has 0 spiro atoms. The molecule has 1 aromatic heterocycles. The van der Waals surface area contributed by atoms with E-state index in [0.29, 0.717) is 36.1 Å². The van der Waals surface area contributed by atoms with Crippen molar-refractivity contribution in [2.45, 2.75) is 51.1 Å². The maximum Gasteiger partial charge on any atom is 0.231 e. The lowest BCUT2D eigenvalue weighted by Crippen LogP contribution is -2.38. The second-order valence-electron chi connectivity index (χ2n) is 8.27. The van der Waals surface area contributed by atoms with E-state index < -0.39 is 0 Å². The van der Waals surface area contributed by atoms with Crippen molar-refractivity contribution in [2.24, 2.45) is 0 Å². The standard InChI is InChI=1S/C25H25ClN2O4/c26-19-8-6-18(7-9-19)23-14-27-24(32-23)11-12-25(29)28(20-3-1-2-4-20)15-17-5-10-21-22(13-17)31-16-30-21/h5-10,13-14,20H,1-4,11-12,15-16H2. The number of nitrogens with zero attached hydrogens (tertiary/aromatic N) is 2. The summed E-state index contributed by atoms with van der Waals surface area (Å²) in [7, 11) is 0. The molecular weight excluding hydrogens is 428 g/mol. The molecule has 1 aliphatic heterocycles. The Morgan fingerprint density at radius 1 is 1.06 bits per heavy atom. The Hall–Kier alpha value is -2.99. The molecule has 0 radical (unpaired) electrons. The fourth-order valence-corrected chi connectivity index (χ4v) is 4.53. The van der Waals surface area contributed by atoms with E-state index in [0.717, 1.165) is 35.5 Å². The monoisotopic (exact) mass is 452 g/mol. The first-order valence-corrected chi connectivity index (χ1v) is 11.4. The van der Waals surface area contributed by atoms with Crippen molar-refractivity contribution in [3.63, 3.8) is 0 Å². The molecule has 2 heterocycles. The van der Waals surface area contributed by atoms with Crippen molar-refractivity contribution in [1.29, 1.82) is 0 Å². The fraction of sp³-hybridized carbons (Fsp3) is 0.360. The van der Waals surface area contributed by atoms with Gasteiger partial charge in [-0.05, 0) is 54.8 Å². The number of halogens is 1. The summed E-state index contributed by atoms with van der Waals surface area (Å²) in [6.45, 7) is 0.819. The Bertz CT molecular complexity index is 1090. The second-order valence-corrected chi connectivity index (χ2v) is 8.71. The van der Waals surface area contributed by atoms with E-state index in [2.05, 4.69) is 4.98 Å². The van der Waals surface area contributed by atoms with Crippen LogP contribution in [0.5, 0.6) is 11.5 Å². The predicted molar refractivity (Wildman–Crippen MR) is 121 cm³/mol. The van der Waals surface area contributed by atoms with Crippen LogP contribution in [0.3, 0.4) is 0 Å². The molecule has 0 bridgehead atoms. The maximum atomic E-state index is 13.2. The van der Waals surface area contributed by atoms with E-state index >= 15 is 0 Å².